The van der Waals surface area contributed by atoms with Crippen molar-refractivity contribution < 1.29 is 4.57 Å². The monoisotopic (exact) mass is 723 g/mol. The number of nitrogens with zero attached hydrogens (tertiary/aromatic N) is 1. The van der Waals surface area contributed by atoms with E-state index >= 15 is 4.57 Å². The Balaban J connectivity index is 1.20. The molecule has 0 aliphatic rings. The van der Waals surface area contributed by atoms with Gasteiger partial charge < -0.3 is 9.13 Å². The lowest BCUT2D eigenvalue weighted by Crippen LogP contribution is -2.26. The smallest absolute Gasteiger partial charge is 0.172 e. The minimum absolute atomic E-state index is 0.813. The zero-order valence-corrected chi connectivity index (χ0v) is 31.7. The average Bonchev–Trinajstić information content (AvgIpc) is 3.56. The minimum atomic E-state index is -3.36. The molecule has 0 fully saturated rings. The summed E-state index contributed by atoms with van der Waals surface area (Å²) in [4.78, 5) is 0. The molecule has 10 aromatic rings. The lowest BCUT2D eigenvalue weighted by Gasteiger charge is -2.23. The molecule has 0 amide bonds. The minimum Gasteiger partial charge on any atom is -0.309 e. The number of aryl methyl sites for hydroxylation is 2. The van der Waals surface area contributed by atoms with Crippen LogP contribution in [0.3, 0.4) is 0 Å². The quantitative estimate of drug-likeness (QED) is 0.157. The molecule has 0 N–H and O–H groups in total. The average molecular weight is 724 g/mol. The molecule has 9 aromatic carbocycles. The van der Waals surface area contributed by atoms with E-state index in [0.29, 0.717) is 0 Å². The van der Waals surface area contributed by atoms with E-state index in [9.17, 15) is 0 Å². The van der Waals surface area contributed by atoms with Crippen LogP contribution < -0.4 is 15.9 Å². The van der Waals surface area contributed by atoms with Gasteiger partial charge in [-0.05, 0) is 117 Å². The van der Waals surface area contributed by atoms with Gasteiger partial charge in [-0.2, -0.15) is 0 Å². The number of hydrogen-bond acceptors (Lipinski definition) is 1. The van der Waals surface area contributed by atoms with Gasteiger partial charge in [-0.1, -0.05) is 146 Å². The lowest BCUT2D eigenvalue weighted by molar-refractivity contribution is 0.593. The van der Waals surface area contributed by atoms with Gasteiger partial charge >= 0.3 is 0 Å². The molecule has 1 heterocycles. The Hall–Kier alpha value is -6.47. The van der Waals surface area contributed by atoms with Crippen molar-refractivity contribution >= 4 is 66.4 Å². The van der Waals surface area contributed by atoms with Crippen molar-refractivity contribution in [3.05, 3.63) is 205 Å². The Morgan fingerprint density at radius 1 is 0.400 bits per heavy atom. The first-order valence-corrected chi connectivity index (χ1v) is 20.6. The first-order chi connectivity index (χ1) is 27.0. The summed E-state index contributed by atoms with van der Waals surface area (Å²) in [5.74, 6) is 0. The van der Waals surface area contributed by atoms with E-state index in [0.717, 1.165) is 54.2 Å². The molecule has 0 radical (unpaired) electrons. The van der Waals surface area contributed by atoms with E-state index in [1.807, 2.05) is 36.4 Å². The van der Waals surface area contributed by atoms with E-state index in [4.69, 9.17) is 0 Å². The summed E-state index contributed by atoms with van der Waals surface area (Å²) in [5.41, 5.74) is 10.7. The van der Waals surface area contributed by atoms with Crippen LogP contribution in [0.1, 0.15) is 11.1 Å². The van der Waals surface area contributed by atoms with Crippen LogP contribution in [0.4, 0.5) is 0 Å². The fourth-order valence-electron chi connectivity index (χ4n) is 8.62. The predicted molar refractivity (Wildman–Crippen MR) is 236 cm³/mol. The molecule has 0 saturated heterocycles. The highest BCUT2D eigenvalue weighted by atomic mass is 31.2. The van der Waals surface area contributed by atoms with Crippen LogP contribution in [0.25, 0.3) is 71.3 Å². The fraction of sp³-hybridized carbons (Fsp3) is 0.0385. The third-order valence-corrected chi connectivity index (χ3v) is 14.5. The Labute approximate surface area is 321 Å². The molecule has 1 aromatic heterocycles. The van der Waals surface area contributed by atoms with Gasteiger partial charge in [0, 0.05) is 32.4 Å². The van der Waals surface area contributed by atoms with Gasteiger partial charge in [0.25, 0.3) is 0 Å². The van der Waals surface area contributed by atoms with Crippen LogP contribution in [0, 0.1) is 13.8 Å². The topological polar surface area (TPSA) is 22.0 Å². The third kappa shape index (κ3) is 5.36. The summed E-state index contributed by atoms with van der Waals surface area (Å²) >= 11 is 0. The zero-order chi connectivity index (χ0) is 37.1. The largest absolute Gasteiger partial charge is 0.309 e. The molecule has 3 heteroatoms. The normalized spacial score (nSPS) is 11.9. The highest BCUT2D eigenvalue weighted by Gasteiger charge is 2.33. The molecule has 2 nitrogen and oxygen atoms in total. The fourth-order valence-corrected chi connectivity index (χ4v) is 11.7. The maximum absolute atomic E-state index is 16.3. The van der Waals surface area contributed by atoms with Gasteiger partial charge in [0.05, 0.1) is 11.0 Å². The van der Waals surface area contributed by atoms with Crippen molar-refractivity contribution in [2.24, 2.45) is 0 Å². The van der Waals surface area contributed by atoms with Crippen LogP contribution in [-0.4, -0.2) is 4.57 Å². The third-order valence-electron chi connectivity index (χ3n) is 11.4. The van der Waals surface area contributed by atoms with E-state index in [1.54, 1.807) is 0 Å². The molecular formula is C52H38NOP. The van der Waals surface area contributed by atoms with Gasteiger partial charge in [-0.15, -0.1) is 0 Å². The first kappa shape index (κ1) is 33.1. The molecule has 55 heavy (non-hydrogen) atoms. The van der Waals surface area contributed by atoms with Crippen LogP contribution in [0.2, 0.25) is 0 Å². The molecule has 10 rings (SSSR count). The van der Waals surface area contributed by atoms with Crippen molar-refractivity contribution in [1.29, 1.82) is 0 Å². The number of benzene rings is 9. The summed E-state index contributed by atoms with van der Waals surface area (Å²) < 4.78 is 18.6. The maximum Gasteiger partial charge on any atom is 0.172 e. The summed E-state index contributed by atoms with van der Waals surface area (Å²) in [6.07, 6.45) is 0. The summed E-state index contributed by atoms with van der Waals surface area (Å²) in [7, 11) is -3.36. The maximum atomic E-state index is 16.3. The van der Waals surface area contributed by atoms with Crippen molar-refractivity contribution in [2.75, 3.05) is 0 Å². The summed E-state index contributed by atoms with van der Waals surface area (Å²) in [6.45, 7) is 4.35. The van der Waals surface area contributed by atoms with Crippen LogP contribution in [-0.2, 0) is 4.57 Å². The molecule has 0 aliphatic carbocycles. The molecular weight excluding hydrogens is 686 g/mol. The van der Waals surface area contributed by atoms with Crippen LogP contribution in [0.5, 0.6) is 0 Å². The highest BCUT2D eigenvalue weighted by molar-refractivity contribution is 7.86. The second kappa shape index (κ2) is 13.1. The van der Waals surface area contributed by atoms with Crippen LogP contribution >= 0.6 is 7.14 Å². The standard InChI is InChI=1S/C52H38NOP/c1-35-13-3-7-19-43(35)39-25-31-49-47(33-39)48-34-40(44-20-8-4-14-36(44)2)26-32-50(48)53(49)41-27-29-42(30-28-41)55(54,51-23-11-17-37-15-5-9-21-45(37)51)52-24-12-18-38-16-6-10-22-46(38)52/h3-34H,1-2H3. The Morgan fingerprint density at radius 3 is 1.33 bits per heavy atom. The van der Waals surface area contributed by atoms with E-state index < -0.39 is 7.14 Å². The molecule has 0 unspecified atom stereocenters. The number of aromatic nitrogens is 1. The molecule has 0 bridgehead atoms. The highest BCUT2D eigenvalue weighted by Crippen LogP contribution is 2.47. The predicted octanol–water partition coefficient (Wildman–Crippen LogP) is 12.7. The van der Waals surface area contributed by atoms with Crippen molar-refractivity contribution in [3.8, 4) is 27.9 Å². The van der Waals surface area contributed by atoms with Gasteiger partial charge in [-0.3, -0.25) is 0 Å². The van der Waals surface area contributed by atoms with Gasteiger partial charge in [0.2, 0.25) is 0 Å². The Morgan fingerprint density at radius 2 is 0.836 bits per heavy atom. The van der Waals surface area contributed by atoms with Crippen molar-refractivity contribution in [2.45, 2.75) is 13.8 Å². The van der Waals surface area contributed by atoms with Gasteiger partial charge in [0.15, 0.2) is 7.14 Å². The van der Waals surface area contributed by atoms with Crippen molar-refractivity contribution in [3.63, 3.8) is 0 Å². The SMILES string of the molecule is Cc1ccccc1-c1ccc2c(c1)c1cc(-c3ccccc3C)ccc1n2-c1ccc(P(=O)(c2cccc3ccccc23)c2cccc3ccccc23)cc1. The van der Waals surface area contributed by atoms with Crippen molar-refractivity contribution in [1.82, 2.24) is 4.57 Å². The number of rotatable bonds is 6. The summed E-state index contributed by atoms with van der Waals surface area (Å²) in [5, 5.41) is 9.13. The molecule has 0 spiro atoms. The molecule has 0 aliphatic heterocycles. The van der Waals surface area contributed by atoms with Gasteiger partial charge in [-0.25, -0.2) is 0 Å². The van der Waals surface area contributed by atoms with E-state index in [-0.39, 0.29) is 0 Å². The second-order valence-corrected chi connectivity index (χ2v) is 17.2. The molecule has 0 saturated carbocycles. The second-order valence-electron chi connectivity index (χ2n) is 14.6. The Bertz CT molecular complexity index is 2960. The first-order valence-electron chi connectivity index (χ1n) is 18.9. The summed E-state index contributed by atoms with van der Waals surface area (Å²) in [6, 6.07) is 68.4. The van der Waals surface area contributed by atoms with Crippen LogP contribution in [0.15, 0.2) is 194 Å². The number of hydrogen-bond donors (Lipinski definition) is 0. The Kier molecular flexibility index (Phi) is 7.91. The number of fused-ring (bicyclic) bond motifs is 5. The lowest BCUT2D eigenvalue weighted by atomic mass is 9.97. The molecule has 262 valence electrons. The van der Waals surface area contributed by atoms with E-state index in [1.165, 1.54) is 44.2 Å². The molecule has 0 atom stereocenters. The zero-order valence-electron chi connectivity index (χ0n) is 30.8. The van der Waals surface area contributed by atoms with E-state index in [2.05, 4.69) is 176 Å². The van der Waals surface area contributed by atoms with Gasteiger partial charge in [0.1, 0.15) is 0 Å².